The normalized spacial score (nSPS) is 24.9. The Morgan fingerprint density at radius 3 is 1.86 bits per heavy atom. The van der Waals surface area contributed by atoms with E-state index in [-0.39, 0.29) is 69.4 Å². The number of halogens is 5. The third-order valence-corrected chi connectivity index (χ3v) is 18.8. The van der Waals surface area contributed by atoms with Crippen molar-refractivity contribution in [1.29, 1.82) is 0 Å². The number of nitrogens with zero attached hydrogens (tertiary/aromatic N) is 8. The van der Waals surface area contributed by atoms with Crippen molar-refractivity contribution in [1.82, 2.24) is 55.1 Å². The van der Waals surface area contributed by atoms with Crippen LogP contribution in [0.4, 0.5) is 13.2 Å². The first-order chi connectivity index (χ1) is 42.9. The van der Waals surface area contributed by atoms with Gasteiger partial charge in [-0.05, 0) is 105 Å². The van der Waals surface area contributed by atoms with E-state index in [0.717, 1.165) is 31.7 Å². The van der Waals surface area contributed by atoms with Crippen molar-refractivity contribution in [3.8, 4) is 0 Å². The number of alkyl halides is 3. The molecule has 2 aliphatic heterocycles. The lowest BCUT2D eigenvalue weighted by Gasteiger charge is -2.41. The van der Waals surface area contributed by atoms with Crippen LogP contribution < -0.4 is 16.0 Å². The molecule has 2 aromatic carbocycles. The summed E-state index contributed by atoms with van der Waals surface area (Å²) in [6, 6.07) is 1.59. The Bertz CT molecular complexity index is 3040. The lowest BCUT2D eigenvalue weighted by atomic mass is 9.91. The number of aryl methyl sites for hydroxylation is 1. The summed E-state index contributed by atoms with van der Waals surface area (Å²) in [4.78, 5) is 170. The number of carbonyl (C=O) groups is 11. The molecule has 92 heavy (non-hydrogen) atoms. The van der Waals surface area contributed by atoms with E-state index in [9.17, 15) is 56.3 Å². The van der Waals surface area contributed by atoms with E-state index in [4.69, 9.17) is 23.2 Å². The van der Waals surface area contributed by atoms with Crippen LogP contribution in [0.25, 0.3) is 0 Å². The van der Waals surface area contributed by atoms with Gasteiger partial charge in [0, 0.05) is 79.8 Å². The Morgan fingerprint density at radius 2 is 1.27 bits per heavy atom. The Kier molecular flexibility index (Phi) is 26.9. The van der Waals surface area contributed by atoms with Crippen molar-refractivity contribution in [2.45, 2.75) is 180 Å². The van der Waals surface area contributed by atoms with Crippen molar-refractivity contribution < 1.29 is 65.9 Å². The average molecular weight is 1330 g/mol. The van der Waals surface area contributed by atoms with Crippen LogP contribution in [0.2, 0.25) is 10.0 Å². The lowest BCUT2D eigenvalue weighted by molar-refractivity contribution is -0.152. The molecule has 27 heteroatoms. The first-order valence-corrected chi connectivity index (χ1v) is 32.3. The highest BCUT2D eigenvalue weighted by atomic mass is 35.5. The number of fused-ring (bicyclic) bond motifs is 1. The molecule has 2 heterocycles. The summed E-state index contributed by atoms with van der Waals surface area (Å²) in [6.07, 6.45) is -2.88. The fourth-order valence-corrected chi connectivity index (χ4v) is 12.8. The van der Waals surface area contributed by atoms with E-state index in [2.05, 4.69) is 16.0 Å². The first kappa shape index (κ1) is 75.7. The van der Waals surface area contributed by atoms with Crippen LogP contribution in [-0.4, -0.2) is 228 Å². The van der Waals surface area contributed by atoms with Gasteiger partial charge in [0.1, 0.15) is 41.8 Å². The molecule has 11 amide bonds. The van der Waals surface area contributed by atoms with E-state index >= 15 is 9.59 Å². The standard InChI is InChI=1S/C65H94Cl2F3N11O11/c1-15-40(6)55-61(90)76(10)36-53(84)74(8)37-54(85)79(13)50(34-43-20-18-21-44(66)32-43)60(89)75(9)35-51(82)71-47(26-24-42-23-25-45(46(67)33-42)65(68,69)70)59(88)81-29-19-22-48(81)58(87)73-64(27-16-17-28-64)63(92)80(14)56(39(4)5)62(91)77(11)41(7)31-52(83)78(12)49(30-38(2)3)57(86)72-55/h18,20-21,23,25,32-33,38-41,47-50,55-56H,15-17,19,22,24,26-31,34-37H2,1-14H3,(H,71,82)(H,72,86)(H,73,87)/t40-,41+,47-,48-,49-,50-,55-,56-/m0/s1. The van der Waals surface area contributed by atoms with Crippen LogP contribution in [0.5, 0.6) is 0 Å². The van der Waals surface area contributed by atoms with Gasteiger partial charge in [0.05, 0.1) is 30.2 Å². The maximum absolute atomic E-state index is 15.1. The Morgan fingerprint density at radius 1 is 0.652 bits per heavy atom. The summed E-state index contributed by atoms with van der Waals surface area (Å²) in [5.41, 5.74) is -1.79. The molecule has 3 aliphatic rings. The largest absolute Gasteiger partial charge is 0.417 e. The molecule has 0 unspecified atom stereocenters. The van der Waals surface area contributed by atoms with Gasteiger partial charge in [-0.25, -0.2) is 0 Å². The quantitative estimate of drug-likeness (QED) is 0.271. The summed E-state index contributed by atoms with van der Waals surface area (Å²) in [6.45, 7) is 10.8. The van der Waals surface area contributed by atoms with Gasteiger partial charge in [-0.15, -0.1) is 0 Å². The molecular formula is C65H94Cl2F3N11O11. The van der Waals surface area contributed by atoms with Crippen LogP contribution in [0.1, 0.15) is 129 Å². The van der Waals surface area contributed by atoms with E-state index in [1.54, 1.807) is 52.0 Å². The molecule has 0 bridgehead atoms. The summed E-state index contributed by atoms with van der Waals surface area (Å²) < 4.78 is 41.3. The highest BCUT2D eigenvalue weighted by Crippen LogP contribution is 2.37. The van der Waals surface area contributed by atoms with E-state index in [1.807, 2.05) is 20.8 Å². The molecule has 2 aromatic rings. The molecule has 0 radical (unpaired) electrons. The zero-order chi connectivity index (χ0) is 69.0. The lowest BCUT2D eigenvalue weighted by Crippen LogP contribution is -2.64. The van der Waals surface area contributed by atoms with Gasteiger partial charge in [0.15, 0.2) is 0 Å². The van der Waals surface area contributed by atoms with Gasteiger partial charge < -0.3 is 55.1 Å². The van der Waals surface area contributed by atoms with Crippen molar-refractivity contribution in [2.75, 3.05) is 75.5 Å². The predicted molar refractivity (Wildman–Crippen MR) is 341 cm³/mol. The average Bonchev–Trinajstić information content (AvgIpc) is 1.50. The monoisotopic (exact) mass is 1330 g/mol. The molecule has 1 saturated carbocycles. The predicted octanol–water partition coefficient (Wildman–Crippen LogP) is 5.43. The minimum atomic E-state index is -4.76. The molecule has 2 saturated heterocycles. The Hall–Kier alpha value is -7.02. The minimum Gasteiger partial charge on any atom is -0.343 e. The SMILES string of the molecule is CC[C@H](C)[C@@H]1NC(=O)[C@H](CC(C)C)N(C)C(=O)C[C@@H](C)N(C)C(=O)[C@H](C(C)C)N(C)C(=O)C2(CCCC2)NC(=O)[C@@H]2CCCN2C(=O)[C@H](CCc2ccc(C(F)(F)F)c(Cl)c2)NC(=O)CN(C)C(=O)[C@H](Cc2cccc(Cl)c2)N(C)C(=O)CN(C)C(=O)CN(C)C1=O. The van der Waals surface area contributed by atoms with Crippen LogP contribution in [0.3, 0.4) is 0 Å². The van der Waals surface area contributed by atoms with E-state index in [0.29, 0.717) is 36.3 Å². The third kappa shape index (κ3) is 19.1. The van der Waals surface area contributed by atoms with E-state index in [1.165, 1.54) is 75.0 Å². The van der Waals surface area contributed by atoms with Gasteiger partial charge in [0.25, 0.3) is 0 Å². The fraction of sp³-hybridized carbons (Fsp3) is 0.646. The zero-order valence-electron chi connectivity index (χ0n) is 55.6. The molecule has 510 valence electrons. The second kappa shape index (κ2) is 32.7. The van der Waals surface area contributed by atoms with Gasteiger partial charge >= 0.3 is 6.18 Å². The smallest absolute Gasteiger partial charge is 0.343 e. The van der Waals surface area contributed by atoms with E-state index < -0.39 is 161 Å². The number of carbonyl (C=O) groups excluding carboxylic acids is 11. The second-order valence-electron chi connectivity index (χ2n) is 26.1. The molecular weight excluding hydrogens is 1240 g/mol. The summed E-state index contributed by atoms with van der Waals surface area (Å²) >= 11 is 12.5. The highest BCUT2D eigenvalue weighted by molar-refractivity contribution is 6.31. The highest BCUT2D eigenvalue weighted by Gasteiger charge is 2.50. The van der Waals surface area contributed by atoms with Gasteiger partial charge in [0.2, 0.25) is 65.0 Å². The summed E-state index contributed by atoms with van der Waals surface area (Å²) in [5.74, 6) is -8.24. The second-order valence-corrected chi connectivity index (χ2v) is 26.9. The van der Waals surface area contributed by atoms with Gasteiger partial charge in [-0.3, -0.25) is 52.7 Å². The molecule has 22 nitrogen and oxygen atoms in total. The topological polar surface area (TPSA) is 250 Å². The van der Waals surface area contributed by atoms with Crippen LogP contribution in [0.15, 0.2) is 42.5 Å². The van der Waals surface area contributed by atoms with Crippen LogP contribution in [-0.2, 0) is 71.8 Å². The van der Waals surface area contributed by atoms with Crippen LogP contribution >= 0.6 is 23.2 Å². The van der Waals surface area contributed by atoms with Crippen molar-refractivity contribution in [3.63, 3.8) is 0 Å². The molecule has 5 rings (SSSR count). The summed E-state index contributed by atoms with van der Waals surface area (Å²) in [5, 5.41) is 8.33. The zero-order valence-corrected chi connectivity index (χ0v) is 57.1. The molecule has 1 spiro atoms. The molecule has 8 atom stereocenters. The van der Waals surface area contributed by atoms with Crippen molar-refractivity contribution >= 4 is 88.2 Å². The number of nitrogens with one attached hydrogen (secondary N) is 3. The number of amides is 11. The Labute approximate surface area is 548 Å². The first-order valence-electron chi connectivity index (χ1n) is 31.6. The number of benzene rings is 2. The fourth-order valence-electron chi connectivity index (χ4n) is 12.3. The van der Waals surface area contributed by atoms with Gasteiger partial charge in [-0.2, -0.15) is 13.2 Å². The molecule has 1 aliphatic carbocycles. The third-order valence-electron chi connectivity index (χ3n) is 18.3. The number of likely N-dealkylation sites (N-methyl/N-ethyl adjacent to an activating group) is 7. The molecule has 3 N–H and O–H groups in total. The molecule has 3 fully saturated rings. The minimum absolute atomic E-state index is 0.0345. The molecule has 0 aromatic heterocycles. The maximum atomic E-state index is 15.1. The number of hydrogen-bond acceptors (Lipinski definition) is 11. The van der Waals surface area contributed by atoms with Crippen molar-refractivity contribution in [2.24, 2.45) is 17.8 Å². The number of rotatable bonds is 10. The Balaban J connectivity index is 1.57. The van der Waals surface area contributed by atoms with Crippen molar-refractivity contribution in [3.05, 3.63) is 69.2 Å². The summed E-state index contributed by atoms with van der Waals surface area (Å²) in [7, 11) is 9.84. The number of hydrogen-bond donors (Lipinski definition) is 3. The van der Waals surface area contributed by atoms with Crippen LogP contribution in [0, 0.1) is 17.8 Å². The maximum Gasteiger partial charge on any atom is 0.417 e. The van der Waals surface area contributed by atoms with Gasteiger partial charge in [-0.1, -0.05) is 102 Å².